The number of benzene rings is 1. The van der Waals surface area contributed by atoms with E-state index in [1.165, 1.54) is 15.6 Å². The number of furan rings is 1. The Hall–Kier alpha value is -2.16. The summed E-state index contributed by atoms with van der Waals surface area (Å²) < 4.78 is 33.1. The Bertz CT molecular complexity index is 1090. The fourth-order valence-corrected chi connectivity index (χ4v) is 6.55. The van der Waals surface area contributed by atoms with Crippen molar-refractivity contribution in [3.8, 4) is 0 Å². The van der Waals surface area contributed by atoms with E-state index in [0.717, 1.165) is 34.4 Å². The van der Waals surface area contributed by atoms with Gasteiger partial charge in [0.15, 0.2) is 0 Å². The van der Waals surface area contributed by atoms with Crippen LogP contribution in [0.2, 0.25) is 0 Å². The Morgan fingerprint density at radius 2 is 1.93 bits per heavy atom. The summed E-state index contributed by atoms with van der Waals surface area (Å²) in [6.45, 7) is 3.08. The van der Waals surface area contributed by atoms with Crippen LogP contribution in [0.25, 0.3) is 11.0 Å². The van der Waals surface area contributed by atoms with Gasteiger partial charge in [0.05, 0.1) is 12.5 Å². The molecule has 1 aromatic carbocycles. The van der Waals surface area contributed by atoms with Crippen molar-refractivity contribution in [2.75, 3.05) is 20.1 Å². The van der Waals surface area contributed by atoms with Crippen LogP contribution in [-0.4, -0.2) is 43.7 Å². The van der Waals surface area contributed by atoms with Crippen molar-refractivity contribution in [3.05, 3.63) is 53.1 Å². The Morgan fingerprint density at radius 1 is 1.21 bits per heavy atom. The van der Waals surface area contributed by atoms with Crippen LogP contribution in [0.1, 0.15) is 36.4 Å². The van der Waals surface area contributed by atoms with E-state index in [1.807, 2.05) is 37.3 Å². The molecular formula is C21H24N2O4S2. The largest absolute Gasteiger partial charge is 0.459 e. The van der Waals surface area contributed by atoms with Crippen LogP contribution in [-0.2, 0) is 21.2 Å². The maximum atomic E-state index is 12.8. The summed E-state index contributed by atoms with van der Waals surface area (Å²) in [5.41, 5.74) is 0.796. The predicted octanol–water partition coefficient (Wildman–Crippen LogP) is 4.04. The number of hydrogen-bond donors (Lipinski definition) is 0. The molecule has 1 fully saturated rings. The lowest BCUT2D eigenvalue weighted by Crippen LogP contribution is -2.30. The van der Waals surface area contributed by atoms with Crippen LogP contribution in [0.4, 0.5) is 0 Å². The number of hydrogen-bond acceptors (Lipinski definition) is 5. The number of nitrogens with zero attached hydrogens (tertiary/aromatic N) is 2. The summed E-state index contributed by atoms with van der Waals surface area (Å²) >= 11 is 1.18. The van der Waals surface area contributed by atoms with Crippen LogP contribution in [0.3, 0.4) is 0 Å². The molecule has 0 radical (unpaired) electrons. The van der Waals surface area contributed by atoms with Gasteiger partial charge in [0.2, 0.25) is 5.91 Å². The van der Waals surface area contributed by atoms with Gasteiger partial charge >= 0.3 is 0 Å². The fraction of sp³-hybridized carbons (Fsp3) is 0.381. The highest BCUT2D eigenvalue weighted by molar-refractivity contribution is 7.91. The third-order valence-corrected chi connectivity index (χ3v) is 8.90. The van der Waals surface area contributed by atoms with Crippen LogP contribution < -0.4 is 0 Å². The molecule has 1 saturated heterocycles. The topological polar surface area (TPSA) is 70.8 Å². The van der Waals surface area contributed by atoms with Gasteiger partial charge < -0.3 is 9.32 Å². The molecule has 0 aliphatic carbocycles. The molecule has 0 N–H and O–H groups in total. The maximum absolute atomic E-state index is 12.8. The Morgan fingerprint density at radius 3 is 2.66 bits per heavy atom. The van der Waals surface area contributed by atoms with Gasteiger partial charge in [-0.2, -0.15) is 4.31 Å². The van der Waals surface area contributed by atoms with Gasteiger partial charge in [0.1, 0.15) is 15.6 Å². The summed E-state index contributed by atoms with van der Waals surface area (Å²) in [5.74, 6) is 0.649. The van der Waals surface area contributed by atoms with Gasteiger partial charge in [-0.05, 0) is 44.0 Å². The third-order valence-electron chi connectivity index (χ3n) is 5.45. The van der Waals surface area contributed by atoms with Gasteiger partial charge in [-0.15, -0.1) is 11.3 Å². The lowest BCUT2D eigenvalue weighted by molar-refractivity contribution is -0.131. The van der Waals surface area contributed by atoms with Gasteiger partial charge in [0.25, 0.3) is 10.0 Å². The zero-order valence-electron chi connectivity index (χ0n) is 16.5. The number of para-hydroxylation sites is 1. The number of thiophene rings is 1. The number of carbonyl (C=O) groups excluding carboxylic acids is 1. The molecule has 0 bridgehead atoms. The number of carbonyl (C=O) groups is 1. The molecule has 0 unspecified atom stereocenters. The second-order valence-corrected chi connectivity index (χ2v) is 10.7. The Balaban J connectivity index is 1.45. The number of fused-ring (bicyclic) bond motifs is 1. The fourth-order valence-electron chi connectivity index (χ4n) is 3.54. The molecule has 1 atom stereocenters. The highest BCUT2D eigenvalue weighted by Gasteiger charge is 2.29. The Kier molecular flexibility index (Phi) is 5.50. The zero-order chi connectivity index (χ0) is 20.6. The normalized spacial score (nSPS) is 16.3. The zero-order valence-corrected chi connectivity index (χ0v) is 18.1. The number of sulfonamides is 1. The molecule has 0 saturated carbocycles. The van der Waals surface area contributed by atoms with Gasteiger partial charge in [-0.1, -0.05) is 18.2 Å². The summed E-state index contributed by atoms with van der Waals surface area (Å²) in [6, 6.07) is 12.8. The highest BCUT2D eigenvalue weighted by atomic mass is 32.2. The minimum Gasteiger partial charge on any atom is -0.459 e. The molecule has 3 aromatic rings. The molecule has 6 nitrogen and oxygen atoms in total. The molecule has 0 spiro atoms. The minimum absolute atomic E-state index is 0.0788. The first kappa shape index (κ1) is 20.1. The number of amides is 1. The van der Waals surface area contributed by atoms with E-state index >= 15 is 0 Å². The van der Waals surface area contributed by atoms with Crippen molar-refractivity contribution in [3.63, 3.8) is 0 Å². The average molecular weight is 433 g/mol. The molecule has 3 heterocycles. The number of likely N-dealkylation sites (N-methyl/N-ethyl adjacent to an activating group) is 1. The van der Waals surface area contributed by atoms with E-state index in [4.69, 9.17) is 4.42 Å². The average Bonchev–Trinajstić information content (AvgIpc) is 3.46. The molecular weight excluding hydrogens is 408 g/mol. The van der Waals surface area contributed by atoms with Crippen LogP contribution in [0.15, 0.2) is 51.1 Å². The highest BCUT2D eigenvalue weighted by Crippen LogP contribution is 2.30. The molecule has 1 amide bonds. The third kappa shape index (κ3) is 3.97. The second-order valence-electron chi connectivity index (χ2n) is 7.38. The van der Waals surface area contributed by atoms with Crippen LogP contribution in [0.5, 0.6) is 0 Å². The van der Waals surface area contributed by atoms with E-state index < -0.39 is 10.0 Å². The molecule has 4 rings (SSSR count). The van der Waals surface area contributed by atoms with E-state index in [2.05, 4.69) is 0 Å². The molecule has 8 heteroatoms. The van der Waals surface area contributed by atoms with Crippen molar-refractivity contribution in [1.82, 2.24) is 9.21 Å². The van der Waals surface area contributed by atoms with E-state index in [-0.39, 0.29) is 18.4 Å². The smallest absolute Gasteiger partial charge is 0.252 e. The van der Waals surface area contributed by atoms with Gasteiger partial charge in [0, 0.05) is 30.4 Å². The maximum Gasteiger partial charge on any atom is 0.252 e. The summed E-state index contributed by atoms with van der Waals surface area (Å²) in [6.07, 6.45) is 1.97. The summed E-state index contributed by atoms with van der Waals surface area (Å²) in [4.78, 5) is 15.2. The van der Waals surface area contributed by atoms with Crippen molar-refractivity contribution in [2.24, 2.45) is 0 Å². The van der Waals surface area contributed by atoms with Crippen LogP contribution in [0, 0.1) is 0 Å². The quantitative estimate of drug-likeness (QED) is 0.589. The SMILES string of the molecule is C[C@@H](c1cc2ccccc2o1)N(C)C(=O)Cc1ccc(S(=O)(=O)N2CCCC2)s1. The molecule has 1 aliphatic heterocycles. The Labute approximate surface area is 174 Å². The predicted molar refractivity (Wildman–Crippen MR) is 113 cm³/mol. The number of rotatable bonds is 6. The van der Waals surface area contributed by atoms with Gasteiger partial charge in [-0.25, -0.2) is 8.42 Å². The van der Waals surface area contributed by atoms with Gasteiger partial charge in [-0.3, -0.25) is 4.79 Å². The first-order valence-corrected chi connectivity index (χ1v) is 11.9. The monoisotopic (exact) mass is 432 g/mol. The molecule has 1 aliphatic rings. The lowest BCUT2D eigenvalue weighted by atomic mass is 10.2. The molecule has 154 valence electrons. The second kappa shape index (κ2) is 7.93. The molecule has 2 aromatic heterocycles. The van der Waals surface area contributed by atoms with Crippen molar-refractivity contribution >= 4 is 38.2 Å². The molecule has 29 heavy (non-hydrogen) atoms. The first-order valence-electron chi connectivity index (χ1n) is 9.69. The van der Waals surface area contributed by atoms with E-state index in [0.29, 0.717) is 17.3 Å². The van der Waals surface area contributed by atoms with E-state index in [9.17, 15) is 13.2 Å². The van der Waals surface area contributed by atoms with Crippen molar-refractivity contribution < 1.29 is 17.6 Å². The van der Waals surface area contributed by atoms with Crippen molar-refractivity contribution in [1.29, 1.82) is 0 Å². The standard InChI is InChI=1S/C21H24N2O4S2/c1-15(19-13-16-7-3-4-8-18(16)27-19)22(2)20(24)14-17-9-10-21(28-17)29(25,26)23-11-5-6-12-23/h3-4,7-10,13,15H,5-6,11-12,14H2,1-2H3/t15-/m0/s1. The minimum atomic E-state index is -3.44. The summed E-state index contributed by atoms with van der Waals surface area (Å²) in [7, 11) is -1.69. The van der Waals surface area contributed by atoms with Crippen molar-refractivity contribution in [2.45, 2.75) is 36.4 Å². The lowest BCUT2D eigenvalue weighted by Gasteiger charge is -2.23. The summed E-state index contributed by atoms with van der Waals surface area (Å²) in [5, 5.41) is 1.00. The van der Waals surface area contributed by atoms with Crippen LogP contribution >= 0.6 is 11.3 Å². The first-order chi connectivity index (χ1) is 13.9. The van der Waals surface area contributed by atoms with E-state index in [1.54, 1.807) is 24.1 Å².